The van der Waals surface area contributed by atoms with Crippen LogP contribution in [0, 0.1) is 0 Å². The van der Waals surface area contributed by atoms with E-state index in [1.165, 1.54) is 109 Å². The highest BCUT2D eigenvalue weighted by molar-refractivity contribution is 7.29. The summed E-state index contributed by atoms with van der Waals surface area (Å²) in [6.45, 7) is 25.6. The van der Waals surface area contributed by atoms with E-state index in [2.05, 4.69) is 239 Å². The molecule has 70 heavy (non-hydrogen) atoms. The average Bonchev–Trinajstić information content (AvgIpc) is 4.05. The third-order valence-electron chi connectivity index (χ3n) is 15.7. The lowest BCUT2D eigenvalue weighted by molar-refractivity contribution is 0.584. The van der Waals surface area contributed by atoms with E-state index < -0.39 is 0 Å². The minimum Gasteiger partial charge on any atom is -0.455 e. The topological polar surface area (TPSA) is 30.1 Å². The second-order valence-electron chi connectivity index (χ2n) is 23.7. The van der Waals surface area contributed by atoms with Gasteiger partial charge in [0, 0.05) is 48.6 Å². The van der Waals surface area contributed by atoms with Gasteiger partial charge in [-0.1, -0.05) is 167 Å². The Bertz CT molecular complexity index is 4010. The molecule has 0 saturated carbocycles. The maximum Gasteiger partial charge on any atom is 0.211 e. The van der Waals surface area contributed by atoms with Gasteiger partial charge in [0.25, 0.3) is 0 Å². The first-order valence-corrected chi connectivity index (χ1v) is 25.8. The van der Waals surface area contributed by atoms with Crippen molar-refractivity contribution in [3.8, 4) is 39.1 Å². The molecule has 0 spiro atoms. The van der Waals surface area contributed by atoms with Crippen LogP contribution in [-0.4, -0.2) is 11.8 Å². The molecule has 0 bridgehead atoms. The lowest BCUT2D eigenvalue weighted by Gasteiger charge is -2.27. The van der Waals surface area contributed by atoms with Gasteiger partial charge in [-0.2, -0.15) is 0 Å². The molecule has 1 N–H and O–H groups in total. The highest BCUT2D eigenvalue weighted by Gasteiger charge is 2.39. The highest BCUT2D eigenvalue weighted by atomic mass is 32.1. The van der Waals surface area contributed by atoms with E-state index in [1.807, 2.05) is 11.3 Å². The predicted molar refractivity (Wildman–Crippen MR) is 303 cm³/mol. The van der Waals surface area contributed by atoms with Gasteiger partial charge in [-0.05, 0) is 137 Å². The Balaban J connectivity index is 1.17. The Morgan fingerprint density at radius 1 is 0.557 bits per heavy atom. The van der Waals surface area contributed by atoms with Crippen molar-refractivity contribution in [2.75, 3.05) is 5.32 Å². The fourth-order valence-electron chi connectivity index (χ4n) is 11.8. The first-order chi connectivity index (χ1) is 33.3. The fourth-order valence-corrected chi connectivity index (χ4v) is 12.9. The SMILES string of the molecule is CC(C)(C)c1ccc(Nc2cc3c(cc2-c2c4c5c(c6cc(C(C)(C)C)ccc6n5-c5c(sc6ccc(-c7ccccc7)cc56)[B]4)c4oc5ccccc5c24)C(C)(C)c2cc(C(C)(C)C)ccc2-3)cc1. The zero-order chi connectivity index (χ0) is 48.4. The number of para-hydroxylation sites is 1. The van der Waals surface area contributed by atoms with Crippen LogP contribution in [0.4, 0.5) is 11.4 Å². The number of rotatable bonds is 4. The number of thiophene rings is 1. The van der Waals surface area contributed by atoms with E-state index in [0.717, 1.165) is 33.3 Å². The van der Waals surface area contributed by atoms with Crippen molar-refractivity contribution in [2.45, 2.75) is 97.8 Å². The van der Waals surface area contributed by atoms with Crippen molar-refractivity contribution in [3.63, 3.8) is 0 Å². The predicted octanol–water partition coefficient (Wildman–Crippen LogP) is 17.1. The molecule has 0 atom stereocenters. The van der Waals surface area contributed by atoms with Crippen molar-refractivity contribution in [1.82, 2.24) is 4.57 Å². The van der Waals surface area contributed by atoms with Crippen LogP contribution in [0.15, 0.2) is 150 Å². The molecule has 0 unspecified atom stereocenters. The van der Waals surface area contributed by atoms with Crippen LogP contribution in [0.25, 0.3) is 92.9 Å². The molecule has 3 nitrogen and oxygen atoms in total. The third-order valence-corrected chi connectivity index (χ3v) is 16.8. The normalized spacial score (nSPS) is 14.2. The molecule has 0 amide bonds. The van der Waals surface area contributed by atoms with Gasteiger partial charge in [-0.25, -0.2) is 0 Å². The Morgan fingerprint density at radius 3 is 1.97 bits per heavy atom. The number of furan rings is 1. The molecular weight excluding hydrogens is 868 g/mol. The van der Waals surface area contributed by atoms with Crippen molar-refractivity contribution in [3.05, 3.63) is 173 Å². The average molecular weight is 926 g/mol. The molecule has 13 rings (SSSR count). The minimum atomic E-state index is -0.246. The molecule has 4 heterocycles. The van der Waals surface area contributed by atoms with Gasteiger partial charge in [-0.3, -0.25) is 0 Å². The lowest BCUT2D eigenvalue weighted by atomic mass is 9.62. The Labute approximate surface area is 416 Å². The quantitative estimate of drug-likeness (QED) is 0.178. The monoisotopic (exact) mass is 925 g/mol. The molecule has 0 fully saturated rings. The van der Waals surface area contributed by atoms with Gasteiger partial charge in [0.15, 0.2) is 0 Å². The summed E-state index contributed by atoms with van der Waals surface area (Å²) in [5.74, 6) is 0. The summed E-state index contributed by atoms with van der Waals surface area (Å²) < 4.78 is 12.5. The molecular formula is C65H58BN2OS. The second-order valence-corrected chi connectivity index (χ2v) is 24.8. The van der Waals surface area contributed by atoms with E-state index in [-0.39, 0.29) is 21.7 Å². The standard InChI is InChI=1S/C65H58BN2OS/c1-62(2,3)38-22-26-41(27-23-38)67-50-35-44-42-28-24-40(64(7,8)9)33-48(42)65(10,11)49(44)34-45(50)54-55-43-19-15-16-20-52(43)69-60(55)56-46-32-39(63(4,5)6)25-29-51(46)68-58-47-31-37(36-17-13-12-14-18-36)21-30-53(47)70-61(58)66-57(54)59(56)68/h12-35,67H,1-11H3. The van der Waals surface area contributed by atoms with Crippen LogP contribution in [0.2, 0.25) is 0 Å². The van der Waals surface area contributed by atoms with E-state index >= 15 is 0 Å². The van der Waals surface area contributed by atoms with Crippen molar-refractivity contribution in [1.29, 1.82) is 0 Å². The van der Waals surface area contributed by atoms with Crippen LogP contribution >= 0.6 is 11.3 Å². The Morgan fingerprint density at radius 2 is 1.23 bits per heavy atom. The Kier molecular flexibility index (Phi) is 9.03. The molecule has 11 aromatic rings. The molecule has 343 valence electrons. The van der Waals surface area contributed by atoms with Crippen molar-refractivity contribution >= 4 is 94.1 Å². The molecule has 3 aromatic heterocycles. The number of nitrogens with zero attached hydrogens (tertiary/aromatic N) is 1. The number of nitrogens with one attached hydrogen (secondary N) is 1. The summed E-state index contributed by atoms with van der Waals surface area (Å²) >= 11 is 1.89. The number of fused-ring (bicyclic) bond motifs is 14. The summed E-state index contributed by atoms with van der Waals surface area (Å²) in [5, 5.41) is 10.0. The van der Waals surface area contributed by atoms with Crippen LogP contribution in [0.5, 0.6) is 0 Å². The van der Waals surface area contributed by atoms with E-state index in [1.54, 1.807) is 0 Å². The maximum absolute atomic E-state index is 7.32. The maximum atomic E-state index is 7.32. The number of aromatic nitrogens is 1. The van der Waals surface area contributed by atoms with Crippen molar-refractivity contribution < 1.29 is 4.42 Å². The molecule has 8 aromatic carbocycles. The summed E-state index contributed by atoms with van der Waals surface area (Å²) in [7, 11) is 2.52. The fraction of sp³-hybridized carbons (Fsp3) is 0.231. The van der Waals surface area contributed by atoms with Gasteiger partial charge in [0.05, 0.1) is 22.1 Å². The lowest BCUT2D eigenvalue weighted by Crippen LogP contribution is -2.35. The minimum absolute atomic E-state index is 0.0273. The largest absolute Gasteiger partial charge is 0.455 e. The zero-order valence-electron chi connectivity index (χ0n) is 42.2. The zero-order valence-corrected chi connectivity index (χ0v) is 43.0. The third kappa shape index (κ3) is 6.33. The van der Waals surface area contributed by atoms with Gasteiger partial charge in [-0.15, -0.1) is 11.3 Å². The summed E-state index contributed by atoms with van der Waals surface area (Å²) in [6.07, 6.45) is 0. The van der Waals surface area contributed by atoms with Crippen LogP contribution < -0.4 is 15.6 Å². The molecule has 1 radical (unpaired) electrons. The summed E-state index contributed by atoms with van der Waals surface area (Å²) in [4.78, 5) is 0. The summed E-state index contributed by atoms with van der Waals surface area (Å²) in [5.41, 5.74) is 22.7. The van der Waals surface area contributed by atoms with Crippen LogP contribution in [-0.2, 0) is 21.7 Å². The molecule has 2 aliphatic rings. The molecule has 0 saturated heterocycles. The number of anilines is 2. The number of hydrogen-bond donors (Lipinski definition) is 1. The molecule has 1 aliphatic carbocycles. The van der Waals surface area contributed by atoms with E-state index in [9.17, 15) is 0 Å². The number of benzene rings is 8. The van der Waals surface area contributed by atoms with Crippen LogP contribution in [0.3, 0.4) is 0 Å². The van der Waals surface area contributed by atoms with E-state index in [0.29, 0.717) is 0 Å². The highest BCUT2D eigenvalue weighted by Crippen LogP contribution is 2.55. The summed E-state index contributed by atoms with van der Waals surface area (Å²) in [6, 6.07) is 55.0. The first kappa shape index (κ1) is 43.2. The van der Waals surface area contributed by atoms with Gasteiger partial charge >= 0.3 is 0 Å². The second kappa shape index (κ2) is 14.6. The first-order valence-electron chi connectivity index (χ1n) is 25.0. The Hall–Kier alpha value is -6.82. The molecule has 1 aliphatic heterocycles. The van der Waals surface area contributed by atoms with Crippen LogP contribution in [0.1, 0.15) is 104 Å². The molecule has 5 heteroatoms. The number of hydrogen-bond acceptors (Lipinski definition) is 3. The van der Waals surface area contributed by atoms with E-state index in [4.69, 9.17) is 4.42 Å². The van der Waals surface area contributed by atoms with Gasteiger partial charge in [0.1, 0.15) is 11.2 Å². The smallest absolute Gasteiger partial charge is 0.211 e. The van der Waals surface area contributed by atoms with Gasteiger partial charge < -0.3 is 14.3 Å². The van der Waals surface area contributed by atoms with Gasteiger partial charge in [0.2, 0.25) is 7.28 Å². The van der Waals surface area contributed by atoms with Crippen molar-refractivity contribution in [2.24, 2.45) is 0 Å².